The molecule has 1 atom stereocenters. The van der Waals surface area contributed by atoms with Crippen LogP contribution in [0, 0.1) is 11.6 Å². The van der Waals surface area contributed by atoms with Crippen LogP contribution < -0.4 is 5.32 Å². The number of aromatic nitrogens is 2. The van der Waals surface area contributed by atoms with E-state index in [0.717, 1.165) is 17.7 Å². The van der Waals surface area contributed by atoms with Gasteiger partial charge >= 0.3 is 0 Å². The van der Waals surface area contributed by atoms with Crippen LogP contribution in [0.5, 0.6) is 0 Å². The molecule has 0 spiro atoms. The van der Waals surface area contributed by atoms with Crippen molar-refractivity contribution >= 4 is 11.8 Å². The Labute approximate surface area is 165 Å². The topological polar surface area (TPSA) is 67.2 Å². The monoisotopic (exact) mass is 396 g/mol. The molecule has 2 heterocycles. The molecule has 148 valence electrons. The van der Waals surface area contributed by atoms with Gasteiger partial charge in [-0.05, 0) is 23.8 Å². The number of nitrogens with zero attached hydrogens (tertiary/aromatic N) is 3. The van der Waals surface area contributed by atoms with Gasteiger partial charge < -0.3 is 10.2 Å². The lowest BCUT2D eigenvalue weighted by molar-refractivity contribution is -0.121. The first kappa shape index (κ1) is 18.8. The van der Waals surface area contributed by atoms with Gasteiger partial charge in [0.05, 0.1) is 12.5 Å². The molecule has 2 aromatic carbocycles. The summed E-state index contributed by atoms with van der Waals surface area (Å²) in [7, 11) is 0. The molecule has 2 amide bonds. The third-order valence-corrected chi connectivity index (χ3v) is 4.84. The van der Waals surface area contributed by atoms with Gasteiger partial charge in [0.25, 0.3) is 5.91 Å². The Kier molecular flexibility index (Phi) is 5.07. The van der Waals surface area contributed by atoms with E-state index in [9.17, 15) is 18.4 Å². The molecule has 1 saturated heterocycles. The first-order chi connectivity index (χ1) is 14.0. The predicted molar refractivity (Wildman–Crippen MR) is 101 cm³/mol. The fraction of sp³-hybridized carbons (Fsp3) is 0.190. The standard InChI is InChI=1S/C21H18F2N4O2/c22-15-6-7-18(16(23)12-15)27-10-8-17(25-27)21(29)26-11-9-24-20(28)13-19(26)14-4-2-1-3-5-14/h1-8,10,12,19H,9,11,13H2,(H,24,28)/t19-/m1/s1. The molecule has 0 saturated carbocycles. The van der Waals surface area contributed by atoms with Gasteiger partial charge in [-0.1, -0.05) is 30.3 Å². The smallest absolute Gasteiger partial charge is 0.274 e. The second-order valence-corrected chi connectivity index (χ2v) is 6.72. The van der Waals surface area contributed by atoms with E-state index in [0.29, 0.717) is 13.1 Å². The normalized spacial score (nSPS) is 17.0. The molecule has 29 heavy (non-hydrogen) atoms. The molecule has 3 aromatic rings. The minimum atomic E-state index is -0.779. The van der Waals surface area contributed by atoms with Crippen molar-refractivity contribution in [2.45, 2.75) is 12.5 Å². The average Bonchev–Trinajstić information content (AvgIpc) is 3.11. The minimum absolute atomic E-state index is 0.0396. The maximum absolute atomic E-state index is 14.0. The van der Waals surface area contributed by atoms with Gasteiger partial charge in [-0.15, -0.1) is 0 Å². The van der Waals surface area contributed by atoms with E-state index in [-0.39, 0.29) is 29.6 Å². The van der Waals surface area contributed by atoms with Gasteiger partial charge in [-0.3, -0.25) is 9.59 Å². The van der Waals surface area contributed by atoms with Crippen molar-refractivity contribution in [3.05, 3.63) is 83.7 Å². The summed E-state index contributed by atoms with van der Waals surface area (Å²) in [6.45, 7) is 0.656. The number of hydrogen-bond donors (Lipinski definition) is 1. The zero-order valence-electron chi connectivity index (χ0n) is 15.4. The summed E-state index contributed by atoms with van der Waals surface area (Å²) in [5, 5.41) is 6.96. The third kappa shape index (κ3) is 3.87. The molecule has 0 radical (unpaired) electrons. The number of hydrogen-bond acceptors (Lipinski definition) is 3. The molecule has 4 rings (SSSR count). The van der Waals surface area contributed by atoms with Gasteiger partial charge in [0.2, 0.25) is 5.91 Å². The van der Waals surface area contributed by atoms with Crippen LogP contribution in [0.15, 0.2) is 60.8 Å². The first-order valence-electron chi connectivity index (χ1n) is 9.16. The van der Waals surface area contributed by atoms with E-state index in [4.69, 9.17) is 0 Å². The van der Waals surface area contributed by atoms with E-state index < -0.39 is 17.7 Å². The van der Waals surface area contributed by atoms with E-state index >= 15 is 0 Å². The number of carbonyl (C=O) groups is 2. The van der Waals surface area contributed by atoms with Crippen LogP contribution in [0.2, 0.25) is 0 Å². The van der Waals surface area contributed by atoms with Crippen LogP contribution in [0.4, 0.5) is 8.78 Å². The number of carbonyl (C=O) groups excluding carboxylic acids is 2. The molecular formula is C21H18F2N4O2. The summed E-state index contributed by atoms with van der Waals surface area (Å²) in [6.07, 6.45) is 1.59. The SMILES string of the molecule is O=C1C[C@H](c2ccccc2)N(C(=O)c2ccn(-c3ccc(F)cc3F)n2)CCN1. The van der Waals surface area contributed by atoms with Gasteiger partial charge in [0.1, 0.15) is 11.5 Å². The summed E-state index contributed by atoms with van der Waals surface area (Å²) in [5.41, 5.74) is 1.00. The average molecular weight is 396 g/mol. The third-order valence-electron chi connectivity index (χ3n) is 4.84. The van der Waals surface area contributed by atoms with Crippen LogP contribution >= 0.6 is 0 Å². The highest BCUT2D eigenvalue weighted by Crippen LogP contribution is 2.27. The zero-order valence-corrected chi connectivity index (χ0v) is 15.4. The summed E-state index contributed by atoms with van der Waals surface area (Å²) in [4.78, 5) is 26.9. The predicted octanol–water partition coefficient (Wildman–Crippen LogP) is 2.85. The number of nitrogens with one attached hydrogen (secondary N) is 1. The number of rotatable bonds is 3. The van der Waals surface area contributed by atoms with Crippen molar-refractivity contribution in [2.24, 2.45) is 0 Å². The fourth-order valence-corrected chi connectivity index (χ4v) is 3.43. The fourth-order valence-electron chi connectivity index (χ4n) is 3.43. The highest BCUT2D eigenvalue weighted by atomic mass is 19.1. The van der Waals surface area contributed by atoms with Gasteiger partial charge in [0, 0.05) is 25.4 Å². The second kappa shape index (κ2) is 7.83. The van der Waals surface area contributed by atoms with Crippen molar-refractivity contribution in [1.29, 1.82) is 0 Å². The second-order valence-electron chi connectivity index (χ2n) is 6.72. The van der Waals surface area contributed by atoms with Crippen LogP contribution in [0.3, 0.4) is 0 Å². The van der Waals surface area contributed by atoms with E-state index in [1.165, 1.54) is 23.0 Å². The Hall–Kier alpha value is -3.55. The van der Waals surface area contributed by atoms with Gasteiger partial charge in [-0.2, -0.15) is 5.10 Å². The first-order valence-corrected chi connectivity index (χ1v) is 9.16. The van der Waals surface area contributed by atoms with E-state index in [2.05, 4.69) is 10.4 Å². The van der Waals surface area contributed by atoms with Crippen LogP contribution in [0.25, 0.3) is 5.69 Å². The molecule has 1 aliphatic heterocycles. The van der Waals surface area contributed by atoms with E-state index in [1.54, 1.807) is 4.90 Å². The molecule has 8 heteroatoms. The highest BCUT2D eigenvalue weighted by molar-refractivity contribution is 5.93. The zero-order chi connectivity index (χ0) is 20.4. The van der Waals surface area contributed by atoms with Crippen molar-refractivity contribution in [3.8, 4) is 5.69 Å². The van der Waals surface area contributed by atoms with Crippen molar-refractivity contribution in [1.82, 2.24) is 20.0 Å². The van der Waals surface area contributed by atoms with Crippen molar-refractivity contribution in [2.75, 3.05) is 13.1 Å². The van der Waals surface area contributed by atoms with Crippen molar-refractivity contribution in [3.63, 3.8) is 0 Å². The Balaban J connectivity index is 1.65. The Morgan fingerprint density at radius 2 is 1.90 bits per heavy atom. The minimum Gasteiger partial charge on any atom is -0.354 e. The molecule has 0 bridgehead atoms. The Morgan fingerprint density at radius 3 is 2.66 bits per heavy atom. The molecule has 1 N–H and O–H groups in total. The molecule has 6 nitrogen and oxygen atoms in total. The molecule has 0 unspecified atom stereocenters. The molecule has 0 aliphatic carbocycles. The number of amides is 2. The lowest BCUT2D eigenvalue weighted by atomic mass is 10.0. The summed E-state index contributed by atoms with van der Waals surface area (Å²) >= 11 is 0. The molecular weight excluding hydrogens is 378 g/mol. The Bertz CT molecular complexity index is 1050. The van der Waals surface area contributed by atoms with Crippen LogP contribution in [0.1, 0.15) is 28.5 Å². The Morgan fingerprint density at radius 1 is 1.10 bits per heavy atom. The van der Waals surface area contributed by atoms with Crippen molar-refractivity contribution < 1.29 is 18.4 Å². The molecule has 1 aliphatic rings. The number of halogens is 2. The maximum atomic E-state index is 14.0. The molecule has 1 aromatic heterocycles. The lowest BCUT2D eigenvalue weighted by Crippen LogP contribution is -2.36. The maximum Gasteiger partial charge on any atom is 0.274 e. The molecule has 1 fully saturated rings. The van der Waals surface area contributed by atoms with Gasteiger partial charge in [-0.25, -0.2) is 13.5 Å². The quantitative estimate of drug-likeness (QED) is 0.740. The summed E-state index contributed by atoms with van der Waals surface area (Å²) in [5.74, 6) is -1.97. The van der Waals surface area contributed by atoms with Crippen LogP contribution in [-0.4, -0.2) is 39.6 Å². The van der Waals surface area contributed by atoms with E-state index in [1.807, 2.05) is 30.3 Å². The largest absolute Gasteiger partial charge is 0.354 e. The highest BCUT2D eigenvalue weighted by Gasteiger charge is 2.31. The summed E-state index contributed by atoms with van der Waals surface area (Å²) in [6, 6.07) is 13.5. The van der Waals surface area contributed by atoms with Crippen LogP contribution in [-0.2, 0) is 4.79 Å². The summed E-state index contributed by atoms with van der Waals surface area (Å²) < 4.78 is 28.4. The number of benzene rings is 2. The van der Waals surface area contributed by atoms with Gasteiger partial charge in [0.15, 0.2) is 11.5 Å². The lowest BCUT2D eigenvalue weighted by Gasteiger charge is -2.29.